The van der Waals surface area contributed by atoms with Gasteiger partial charge in [-0.15, -0.1) is 0 Å². The molecule has 0 radical (unpaired) electrons. The summed E-state index contributed by atoms with van der Waals surface area (Å²) in [7, 11) is -3.83. The van der Waals surface area contributed by atoms with Crippen LogP contribution in [0.25, 0.3) is 11.2 Å². The number of nitrogens with two attached hydrogens (primary N) is 1. The Morgan fingerprint density at radius 3 is 2.83 bits per heavy atom. The molecule has 186 valence electrons. The van der Waals surface area contributed by atoms with Crippen LogP contribution in [0.4, 0.5) is 10.2 Å². The molecule has 0 fully saturated rings. The molecule has 0 saturated carbocycles. The summed E-state index contributed by atoms with van der Waals surface area (Å²) in [6, 6.07) is 7.40. The maximum absolute atomic E-state index is 14.8. The van der Waals surface area contributed by atoms with Crippen molar-refractivity contribution in [2.75, 3.05) is 18.7 Å². The van der Waals surface area contributed by atoms with Crippen LogP contribution in [0, 0.1) is 0 Å². The smallest absolute Gasteiger partial charge is 0.342 e. The van der Waals surface area contributed by atoms with E-state index in [4.69, 9.17) is 24.5 Å². The molecule has 4 atom stereocenters. The largest absolute Gasteiger partial charge is 0.465 e. The third kappa shape index (κ3) is 5.65. The number of anilines is 1. The Balaban J connectivity index is 1.47. The number of nitrogens with zero attached hydrogens (tertiary/aromatic N) is 4. The zero-order chi connectivity index (χ0) is 25.0. The van der Waals surface area contributed by atoms with Crippen molar-refractivity contribution in [2.45, 2.75) is 32.4 Å². The van der Waals surface area contributed by atoms with Gasteiger partial charge in [0.2, 0.25) is 0 Å². The van der Waals surface area contributed by atoms with E-state index >= 15 is 0 Å². The van der Waals surface area contributed by atoms with Gasteiger partial charge in [-0.05, 0) is 26.0 Å². The number of para-hydroxylation sites is 1. The second-order valence-corrected chi connectivity index (χ2v) is 9.51. The summed E-state index contributed by atoms with van der Waals surface area (Å²) in [6.45, 7) is 3.30. The van der Waals surface area contributed by atoms with Crippen molar-refractivity contribution in [3.63, 3.8) is 0 Å². The number of nitrogen functional groups attached to an aromatic ring is 1. The minimum Gasteiger partial charge on any atom is -0.465 e. The molecule has 0 amide bonds. The fourth-order valence-corrected chi connectivity index (χ4v) is 4.98. The number of benzene rings is 1. The fourth-order valence-electron chi connectivity index (χ4n) is 3.30. The van der Waals surface area contributed by atoms with Crippen molar-refractivity contribution < 1.29 is 32.5 Å². The number of hydrogen-bond donors (Lipinski definition) is 2. The van der Waals surface area contributed by atoms with E-state index in [1.807, 2.05) is 0 Å². The highest BCUT2D eigenvalue weighted by atomic mass is 31.2. The molecule has 14 heteroatoms. The molecule has 1 aromatic carbocycles. The predicted molar refractivity (Wildman–Crippen MR) is 123 cm³/mol. The molecule has 35 heavy (non-hydrogen) atoms. The first-order valence-corrected chi connectivity index (χ1v) is 12.5. The Bertz CT molecular complexity index is 1270. The van der Waals surface area contributed by atoms with Crippen molar-refractivity contribution in [1.82, 2.24) is 24.6 Å². The maximum atomic E-state index is 14.8. The van der Waals surface area contributed by atoms with E-state index in [1.165, 1.54) is 24.1 Å². The highest BCUT2D eigenvalue weighted by Gasteiger charge is 2.36. The van der Waals surface area contributed by atoms with Crippen molar-refractivity contribution in [2.24, 2.45) is 0 Å². The lowest BCUT2D eigenvalue weighted by atomic mass is 10.3. The Hall–Kier alpha value is -3.38. The van der Waals surface area contributed by atoms with Crippen LogP contribution in [0.1, 0.15) is 20.1 Å². The van der Waals surface area contributed by atoms with Gasteiger partial charge in [0, 0.05) is 6.08 Å². The molecule has 0 bridgehead atoms. The quantitative estimate of drug-likeness (QED) is 0.308. The molecule has 1 aliphatic rings. The lowest BCUT2D eigenvalue weighted by molar-refractivity contribution is -0.144. The molecule has 0 saturated heterocycles. The molecule has 3 N–H and O–H groups in total. The first-order valence-electron chi connectivity index (χ1n) is 10.6. The number of imidazole rings is 1. The molecule has 3 aromatic rings. The van der Waals surface area contributed by atoms with E-state index in [9.17, 15) is 13.8 Å². The lowest BCUT2D eigenvalue weighted by Crippen LogP contribution is -2.36. The number of carbonyl (C=O) groups is 1. The predicted octanol–water partition coefficient (Wildman–Crippen LogP) is 2.90. The number of aromatic nitrogens is 4. The number of halogens is 1. The van der Waals surface area contributed by atoms with Crippen LogP contribution in [0.5, 0.6) is 5.75 Å². The van der Waals surface area contributed by atoms with Gasteiger partial charge >= 0.3 is 13.5 Å². The van der Waals surface area contributed by atoms with E-state index in [0.29, 0.717) is 5.52 Å². The highest BCUT2D eigenvalue weighted by molar-refractivity contribution is 7.57. The van der Waals surface area contributed by atoms with Gasteiger partial charge in [-0.2, -0.15) is 0 Å². The van der Waals surface area contributed by atoms with Gasteiger partial charge in [-0.1, -0.05) is 18.2 Å². The number of ether oxygens (including phenoxy) is 3. The number of hydrogen-bond acceptors (Lipinski definition) is 10. The van der Waals surface area contributed by atoms with Crippen LogP contribution in [-0.2, 0) is 23.6 Å². The van der Waals surface area contributed by atoms with Crippen LogP contribution in [-0.4, -0.2) is 50.8 Å². The summed E-state index contributed by atoms with van der Waals surface area (Å²) >= 11 is 0. The minimum absolute atomic E-state index is 0.143. The van der Waals surface area contributed by atoms with Gasteiger partial charge in [-0.3, -0.25) is 13.9 Å². The Labute approximate surface area is 199 Å². The molecule has 3 heterocycles. The van der Waals surface area contributed by atoms with Crippen molar-refractivity contribution in [3.05, 3.63) is 54.9 Å². The molecule has 1 aliphatic heterocycles. The third-order valence-corrected chi connectivity index (χ3v) is 6.64. The molecule has 0 unspecified atom stereocenters. The van der Waals surface area contributed by atoms with Crippen molar-refractivity contribution in [3.8, 4) is 5.75 Å². The van der Waals surface area contributed by atoms with Gasteiger partial charge in [0.05, 0.1) is 12.9 Å². The summed E-state index contributed by atoms with van der Waals surface area (Å²) in [5.41, 5.74) is 6.35. The molecular weight excluding hydrogens is 482 g/mol. The lowest BCUT2D eigenvalue weighted by Gasteiger charge is -2.24. The first kappa shape index (κ1) is 24.7. The summed E-state index contributed by atoms with van der Waals surface area (Å²) in [6.07, 6.45) is 0.676. The standard InChI is InChI=1S/C21H24FN6O6P/c1-3-31-21(29)13(2)27-35(30,34-14-7-5-4-6-8-14)12-32-16-9-15(22)20(33-16)28-11-26-17-18(23)24-10-25-19(17)28/h4-11,13,16,20H,3,12H2,1-2H3,(H,27,30)(H2,23,24,25)/t13-,16-,20+,35+/m0/s1. The van der Waals surface area contributed by atoms with E-state index in [-0.39, 0.29) is 23.8 Å². The van der Waals surface area contributed by atoms with E-state index in [2.05, 4.69) is 20.0 Å². The van der Waals surface area contributed by atoms with Crippen LogP contribution in [0.3, 0.4) is 0 Å². The summed E-state index contributed by atoms with van der Waals surface area (Å²) in [5, 5.41) is 2.65. The SMILES string of the molecule is CCOC(=O)[C@H](C)N[P@@](=O)(CO[C@@H]1C=C(F)[C@H](n2cnc3c(N)ncnc32)O1)Oc1ccccc1. The summed E-state index contributed by atoms with van der Waals surface area (Å²) < 4.78 is 51.5. The number of rotatable bonds is 10. The topological polar surface area (TPSA) is 153 Å². The Morgan fingerprint density at radius 1 is 1.31 bits per heavy atom. The van der Waals surface area contributed by atoms with Crippen LogP contribution in [0.2, 0.25) is 0 Å². The fraction of sp³-hybridized carbons (Fsp3) is 0.333. The average Bonchev–Trinajstić information content (AvgIpc) is 3.42. The zero-order valence-corrected chi connectivity index (χ0v) is 19.8. The maximum Gasteiger partial charge on any atom is 0.342 e. The molecule has 12 nitrogen and oxygen atoms in total. The first-order chi connectivity index (χ1) is 16.8. The third-order valence-electron chi connectivity index (χ3n) is 4.87. The van der Waals surface area contributed by atoms with Gasteiger partial charge in [-0.25, -0.2) is 24.4 Å². The number of carbonyl (C=O) groups excluding carboxylic acids is 1. The second kappa shape index (κ2) is 10.5. The van der Waals surface area contributed by atoms with Crippen LogP contribution < -0.4 is 15.3 Å². The molecule has 2 aromatic heterocycles. The van der Waals surface area contributed by atoms with E-state index in [1.54, 1.807) is 37.3 Å². The molecule has 0 spiro atoms. The molecule has 4 rings (SSSR count). The zero-order valence-electron chi connectivity index (χ0n) is 18.9. The van der Waals surface area contributed by atoms with Gasteiger partial charge in [0.25, 0.3) is 0 Å². The van der Waals surface area contributed by atoms with Gasteiger partial charge < -0.3 is 24.5 Å². The monoisotopic (exact) mass is 506 g/mol. The number of fused-ring (bicyclic) bond motifs is 1. The van der Waals surface area contributed by atoms with Crippen LogP contribution >= 0.6 is 7.52 Å². The number of nitrogens with one attached hydrogen (secondary N) is 1. The van der Waals surface area contributed by atoms with E-state index < -0.39 is 44.2 Å². The second-order valence-electron chi connectivity index (χ2n) is 7.47. The average molecular weight is 506 g/mol. The summed E-state index contributed by atoms with van der Waals surface area (Å²) in [5.74, 6) is -0.847. The molecule has 0 aliphatic carbocycles. The van der Waals surface area contributed by atoms with E-state index in [0.717, 1.165) is 6.08 Å². The molecular formula is C21H24FN6O6P. The summed E-state index contributed by atoms with van der Waals surface area (Å²) in [4.78, 5) is 24.1. The Morgan fingerprint density at radius 2 is 2.09 bits per heavy atom. The van der Waals surface area contributed by atoms with Crippen LogP contribution in [0.15, 0.2) is 54.9 Å². The normalized spacial score (nSPS) is 20.3. The Kier molecular flexibility index (Phi) is 7.41. The number of esters is 1. The van der Waals surface area contributed by atoms with Crippen molar-refractivity contribution >= 4 is 30.5 Å². The highest BCUT2D eigenvalue weighted by Crippen LogP contribution is 2.45. The van der Waals surface area contributed by atoms with Gasteiger partial charge in [0.1, 0.15) is 23.6 Å². The minimum atomic E-state index is -3.83. The van der Waals surface area contributed by atoms with Gasteiger partial charge in [0.15, 0.2) is 36.2 Å². The van der Waals surface area contributed by atoms with Crippen molar-refractivity contribution in [1.29, 1.82) is 0 Å².